The van der Waals surface area contributed by atoms with Crippen molar-refractivity contribution in [2.24, 2.45) is 5.92 Å². The first-order chi connectivity index (χ1) is 14.3. The molecule has 1 fully saturated rings. The highest BCUT2D eigenvalue weighted by molar-refractivity contribution is 7.13. The minimum absolute atomic E-state index is 0.00417. The van der Waals surface area contributed by atoms with Gasteiger partial charge in [0.25, 0.3) is 0 Å². The quantitative estimate of drug-likeness (QED) is 0.644. The van der Waals surface area contributed by atoms with Gasteiger partial charge in [-0.05, 0) is 51.6 Å². The van der Waals surface area contributed by atoms with Crippen LogP contribution >= 0.6 is 11.3 Å². The Balaban J connectivity index is 1.40. The molecule has 2 aromatic rings. The summed E-state index contributed by atoms with van der Waals surface area (Å²) in [5.74, 6) is 1.06. The molecule has 0 aliphatic carbocycles. The molecule has 30 heavy (non-hydrogen) atoms. The molecule has 2 N–H and O–H groups in total. The number of nitrogens with one attached hydrogen (secondary N) is 2. The van der Waals surface area contributed by atoms with Crippen molar-refractivity contribution in [3.8, 4) is 10.7 Å². The molecule has 2 aromatic heterocycles. The maximum absolute atomic E-state index is 12.5. The molecule has 1 aliphatic rings. The Morgan fingerprint density at radius 2 is 2.13 bits per heavy atom. The number of likely N-dealkylation sites (tertiary alicyclic amines) is 1. The Morgan fingerprint density at radius 3 is 2.87 bits per heavy atom. The van der Waals surface area contributed by atoms with E-state index in [4.69, 9.17) is 9.26 Å². The van der Waals surface area contributed by atoms with E-state index in [1.165, 1.54) is 0 Å². The number of amides is 2. The highest BCUT2D eigenvalue weighted by Gasteiger charge is 2.27. The summed E-state index contributed by atoms with van der Waals surface area (Å²) in [6, 6.07) is 3.91. The van der Waals surface area contributed by atoms with Crippen LogP contribution in [0.5, 0.6) is 0 Å². The monoisotopic (exact) mass is 435 g/mol. The van der Waals surface area contributed by atoms with Crippen LogP contribution in [0.25, 0.3) is 10.7 Å². The molecule has 0 radical (unpaired) electrons. The molecule has 1 atom stereocenters. The normalized spacial score (nSPS) is 17.5. The summed E-state index contributed by atoms with van der Waals surface area (Å²) in [5, 5.41) is 11.5. The Labute approximate surface area is 180 Å². The lowest BCUT2D eigenvalue weighted by Crippen LogP contribution is -2.44. The molecule has 0 bridgehead atoms. The minimum Gasteiger partial charge on any atom is -0.444 e. The predicted octanol–water partition coefficient (Wildman–Crippen LogP) is 2.65. The van der Waals surface area contributed by atoms with Crippen LogP contribution < -0.4 is 10.6 Å². The summed E-state index contributed by atoms with van der Waals surface area (Å²) in [6.07, 6.45) is 1.29. The highest BCUT2D eigenvalue weighted by Crippen LogP contribution is 2.23. The van der Waals surface area contributed by atoms with Gasteiger partial charge in [0.05, 0.1) is 17.3 Å². The Kier molecular flexibility index (Phi) is 7.43. The first kappa shape index (κ1) is 22.2. The van der Waals surface area contributed by atoms with E-state index in [-0.39, 0.29) is 11.8 Å². The molecule has 164 valence electrons. The lowest BCUT2D eigenvalue weighted by molar-refractivity contribution is -0.126. The number of ether oxygens (including phenoxy) is 1. The summed E-state index contributed by atoms with van der Waals surface area (Å²) in [5.41, 5.74) is -0.540. The second kappa shape index (κ2) is 10.0. The largest absolute Gasteiger partial charge is 0.444 e. The Hall–Kier alpha value is -2.46. The van der Waals surface area contributed by atoms with Crippen LogP contribution in [0.15, 0.2) is 22.0 Å². The van der Waals surface area contributed by atoms with Gasteiger partial charge in [-0.15, -0.1) is 11.3 Å². The van der Waals surface area contributed by atoms with Gasteiger partial charge in [0, 0.05) is 19.6 Å². The van der Waals surface area contributed by atoms with E-state index in [9.17, 15) is 9.59 Å². The van der Waals surface area contributed by atoms with Crippen molar-refractivity contribution in [2.75, 3.05) is 26.2 Å². The van der Waals surface area contributed by atoms with Crippen LogP contribution in [-0.4, -0.2) is 58.8 Å². The number of carbonyl (C=O) groups is 2. The van der Waals surface area contributed by atoms with Crippen LogP contribution in [0, 0.1) is 5.92 Å². The summed E-state index contributed by atoms with van der Waals surface area (Å²) in [6.45, 7) is 8.17. The van der Waals surface area contributed by atoms with Crippen molar-refractivity contribution in [2.45, 2.75) is 45.8 Å². The third kappa shape index (κ3) is 6.81. The number of thiophene rings is 1. The molecule has 3 rings (SSSR count). The Bertz CT molecular complexity index is 831. The first-order valence-electron chi connectivity index (χ1n) is 10.1. The molecular formula is C20H29N5O4S. The van der Waals surface area contributed by atoms with E-state index in [1.807, 2.05) is 17.5 Å². The van der Waals surface area contributed by atoms with Gasteiger partial charge in [0.2, 0.25) is 17.6 Å². The number of hydrogen-bond acceptors (Lipinski definition) is 8. The van der Waals surface area contributed by atoms with Crippen molar-refractivity contribution in [3.63, 3.8) is 0 Å². The van der Waals surface area contributed by atoms with Crippen molar-refractivity contribution in [3.05, 3.63) is 23.4 Å². The number of rotatable bonds is 7. The first-order valence-corrected chi connectivity index (χ1v) is 11.0. The van der Waals surface area contributed by atoms with E-state index in [0.717, 1.165) is 24.3 Å². The number of alkyl carbamates (subject to hydrolysis) is 1. The van der Waals surface area contributed by atoms with E-state index in [0.29, 0.717) is 37.9 Å². The maximum atomic E-state index is 12.5. The molecular weight excluding hydrogens is 406 g/mol. The molecule has 1 saturated heterocycles. The SMILES string of the molecule is CC(C)(C)OC(=O)NCCNC(=O)C1CCCN(Cc2nc(-c3cccs3)no2)C1. The van der Waals surface area contributed by atoms with Gasteiger partial charge in [-0.1, -0.05) is 11.2 Å². The number of nitrogens with zero attached hydrogens (tertiary/aromatic N) is 3. The van der Waals surface area contributed by atoms with Gasteiger partial charge in [0.15, 0.2) is 0 Å². The molecule has 10 heteroatoms. The predicted molar refractivity (Wildman–Crippen MR) is 113 cm³/mol. The number of aromatic nitrogens is 2. The lowest BCUT2D eigenvalue weighted by Gasteiger charge is -2.30. The highest BCUT2D eigenvalue weighted by atomic mass is 32.1. The topological polar surface area (TPSA) is 110 Å². The van der Waals surface area contributed by atoms with Gasteiger partial charge < -0.3 is 19.9 Å². The fraction of sp³-hybridized carbons (Fsp3) is 0.600. The van der Waals surface area contributed by atoms with E-state index in [1.54, 1.807) is 32.1 Å². The molecule has 9 nitrogen and oxygen atoms in total. The minimum atomic E-state index is -0.540. The summed E-state index contributed by atoms with van der Waals surface area (Å²) in [7, 11) is 0. The zero-order valence-corrected chi connectivity index (χ0v) is 18.5. The molecule has 0 saturated carbocycles. The van der Waals surface area contributed by atoms with Crippen molar-refractivity contribution in [1.82, 2.24) is 25.7 Å². The number of hydrogen-bond donors (Lipinski definition) is 2. The van der Waals surface area contributed by atoms with Gasteiger partial charge in [-0.25, -0.2) is 4.79 Å². The van der Waals surface area contributed by atoms with Crippen molar-refractivity contribution >= 4 is 23.3 Å². The van der Waals surface area contributed by atoms with E-state index in [2.05, 4.69) is 25.7 Å². The third-order valence-corrected chi connectivity index (χ3v) is 5.40. The molecule has 1 aliphatic heterocycles. The van der Waals surface area contributed by atoms with Crippen LogP contribution in [0.4, 0.5) is 4.79 Å². The summed E-state index contributed by atoms with van der Waals surface area (Å²) < 4.78 is 10.5. The van der Waals surface area contributed by atoms with Crippen molar-refractivity contribution in [1.29, 1.82) is 0 Å². The summed E-state index contributed by atoms with van der Waals surface area (Å²) >= 11 is 1.57. The van der Waals surface area contributed by atoms with E-state index >= 15 is 0 Å². The van der Waals surface area contributed by atoms with Gasteiger partial charge in [-0.3, -0.25) is 9.69 Å². The average Bonchev–Trinajstić information content (AvgIpc) is 3.35. The zero-order valence-electron chi connectivity index (χ0n) is 17.6. The second-order valence-electron chi connectivity index (χ2n) is 8.28. The van der Waals surface area contributed by atoms with Crippen LogP contribution in [0.3, 0.4) is 0 Å². The zero-order chi connectivity index (χ0) is 21.6. The van der Waals surface area contributed by atoms with Crippen LogP contribution in [0.1, 0.15) is 39.5 Å². The fourth-order valence-corrected chi connectivity index (χ4v) is 3.89. The van der Waals surface area contributed by atoms with Crippen molar-refractivity contribution < 1.29 is 18.8 Å². The molecule has 2 amide bonds. The maximum Gasteiger partial charge on any atom is 0.407 e. The Morgan fingerprint density at radius 1 is 1.33 bits per heavy atom. The van der Waals surface area contributed by atoms with Crippen LogP contribution in [0.2, 0.25) is 0 Å². The standard InChI is InChI=1S/C20H29N5O4S/c1-20(2,3)28-19(27)22-9-8-21-18(26)14-6-4-10-25(12-14)13-16-23-17(24-29-16)15-7-5-11-30-15/h5,7,11,14H,4,6,8-10,12-13H2,1-3H3,(H,21,26)(H,22,27). The van der Waals surface area contributed by atoms with Gasteiger partial charge in [-0.2, -0.15) is 4.98 Å². The third-order valence-electron chi connectivity index (χ3n) is 4.54. The van der Waals surface area contributed by atoms with E-state index < -0.39 is 11.7 Å². The second-order valence-corrected chi connectivity index (χ2v) is 9.23. The smallest absolute Gasteiger partial charge is 0.407 e. The molecule has 3 heterocycles. The van der Waals surface area contributed by atoms with Gasteiger partial charge in [0.1, 0.15) is 5.60 Å². The number of piperidine rings is 1. The lowest BCUT2D eigenvalue weighted by atomic mass is 9.97. The number of carbonyl (C=O) groups excluding carboxylic acids is 2. The van der Waals surface area contributed by atoms with Gasteiger partial charge >= 0.3 is 6.09 Å². The summed E-state index contributed by atoms with van der Waals surface area (Å²) in [4.78, 5) is 31.7. The molecule has 0 spiro atoms. The fourth-order valence-electron chi connectivity index (χ4n) is 3.24. The molecule has 1 unspecified atom stereocenters. The average molecular weight is 436 g/mol. The molecule has 0 aromatic carbocycles. The van der Waals surface area contributed by atoms with Crippen LogP contribution in [-0.2, 0) is 16.1 Å².